The summed E-state index contributed by atoms with van der Waals surface area (Å²) in [7, 11) is 0. The molecule has 2 aromatic carbocycles. The van der Waals surface area contributed by atoms with Crippen LogP contribution in [0.25, 0.3) is 11.1 Å². The third-order valence-corrected chi connectivity index (χ3v) is 2.01. The van der Waals surface area contributed by atoms with Crippen LogP contribution in [-0.2, 0) is 0 Å². The van der Waals surface area contributed by atoms with Crippen molar-refractivity contribution in [3.63, 3.8) is 0 Å². The van der Waals surface area contributed by atoms with Gasteiger partial charge in [0.25, 0.3) is 0 Å². The van der Waals surface area contributed by atoms with Gasteiger partial charge in [-0.25, -0.2) is 0 Å². The molecule has 0 bridgehead atoms. The number of hydrogen-bond acceptors (Lipinski definition) is 2. The lowest BCUT2D eigenvalue weighted by Gasteiger charge is -2.03. The highest BCUT2D eigenvalue weighted by atomic mass is 14.7. The van der Waals surface area contributed by atoms with E-state index in [1.165, 1.54) is 0 Å². The maximum atomic E-state index is 5.66. The van der Waals surface area contributed by atoms with Gasteiger partial charge in [-0.2, -0.15) is 0 Å². The largest absolute Gasteiger partial charge is 0.397 e. The number of rotatable bonds is 1. The van der Waals surface area contributed by atoms with E-state index in [9.17, 15) is 0 Å². The lowest BCUT2D eigenvalue weighted by atomic mass is 10.0. The minimum Gasteiger partial charge on any atom is -0.397 e. The van der Waals surface area contributed by atoms with Gasteiger partial charge in [-0.3, -0.25) is 0 Å². The zero-order valence-electron chi connectivity index (χ0n) is 7.62. The third-order valence-electron chi connectivity index (χ3n) is 2.01. The fraction of sp³-hybridized carbons (Fsp3) is 0. The van der Waals surface area contributed by atoms with E-state index in [4.69, 9.17) is 11.5 Å². The molecule has 68 valence electrons. The number of anilines is 2. The first kappa shape index (κ1) is 8.63. The average molecular weight is 182 g/mol. The molecule has 2 heteroatoms. The molecule has 14 heavy (non-hydrogen) atoms. The quantitative estimate of drug-likeness (QED) is 0.664. The van der Waals surface area contributed by atoms with E-state index >= 15 is 0 Å². The summed E-state index contributed by atoms with van der Waals surface area (Å²) in [5.41, 5.74) is 14.2. The summed E-state index contributed by atoms with van der Waals surface area (Å²) in [4.78, 5) is 0. The second-order valence-electron chi connectivity index (χ2n) is 3.02. The van der Waals surface area contributed by atoms with Crippen molar-refractivity contribution >= 4 is 11.4 Å². The summed E-state index contributed by atoms with van der Waals surface area (Å²) in [5, 5.41) is 0. The van der Waals surface area contributed by atoms with Gasteiger partial charge >= 0.3 is 0 Å². The predicted molar refractivity (Wildman–Crippen MR) is 58.4 cm³/mol. The Morgan fingerprint density at radius 1 is 0.929 bits per heavy atom. The SMILES string of the molecule is Nc1[c]c(-c2[c]cccc2)ccc1N. The predicted octanol–water partition coefficient (Wildman–Crippen LogP) is 2.12. The van der Waals surface area contributed by atoms with E-state index in [2.05, 4.69) is 12.1 Å². The van der Waals surface area contributed by atoms with Crippen molar-refractivity contribution < 1.29 is 0 Å². The van der Waals surface area contributed by atoms with Crippen LogP contribution in [0.5, 0.6) is 0 Å². The van der Waals surface area contributed by atoms with Gasteiger partial charge in [0, 0.05) is 6.07 Å². The van der Waals surface area contributed by atoms with Crippen LogP contribution in [0.1, 0.15) is 0 Å². The monoisotopic (exact) mass is 182 g/mol. The molecule has 0 unspecified atom stereocenters. The Kier molecular flexibility index (Phi) is 2.11. The van der Waals surface area contributed by atoms with Crippen molar-refractivity contribution in [3.05, 3.63) is 48.5 Å². The Balaban J connectivity index is 2.48. The molecule has 2 radical (unpaired) electrons. The van der Waals surface area contributed by atoms with E-state index in [1.54, 1.807) is 6.07 Å². The zero-order chi connectivity index (χ0) is 9.97. The molecule has 2 nitrogen and oxygen atoms in total. The summed E-state index contributed by atoms with van der Waals surface area (Å²) in [6, 6.07) is 17.5. The summed E-state index contributed by atoms with van der Waals surface area (Å²) < 4.78 is 0. The zero-order valence-corrected chi connectivity index (χ0v) is 7.62. The van der Waals surface area contributed by atoms with E-state index in [1.807, 2.05) is 30.3 Å². The Bertz CT molecular complexity index is 435. The molecule has 2 rings (SSSR count). The van der Waals surface area contributed by atoms with Crippen molar-refractivity contribution in [1.82, 2.24) is 0 Å². The van der Waals surface area contributed by atoms with Gasteiger partial charge in [-0.15, -0.1) is 0 Å². The molecule has 0 saturated heterocycles. The van der Waals surface area contributed by atoms with Gasteiger partial charge in [0.2, 0.25) is 0 Å². The Morgan fingerprint density at radius 3 is 2.43 bits per heavy atom. The molecule has 0 fully saturated rings. The second-order valence-corrected chi connectivity index (χ2v) is 3.02. The average Bonchev–Trinajstić information content (AvgIpc) is 2.23. The maximum absolute atomic E-state index is 5.66. The van der Waals surface area contributed by atoms with Crippen molar-refractivity contribution in [3.8, 4) is 11.1 Å². The van der Waals surface area contributed by atoms with Gasteiger partial charge < -0.3 is 11.5 Å². The first-order valence-corrected chi connectivity index (χ1v) is 4.32. The first-order chi connectivity index (χ1) is 6.77. The van der Waals surface area contributed by atoms with Crippen LogP contribution < -0.4 is 11.5 Å². The van der Waals surface area contributed by atoms with Crippen LogP contribution in [0.2, 0.25) is 0 Å². The Labute approximate surface area is 83.2 Å². The molecule has 4 N–H and O–H groups in total. The molecular formula is C12H10N2. The van der Waals surface area contributed by atoms with Crippen molar-refractivity contribution in [2.45, 2.75) is 0 Å². The molecule has 0 aliphatic carbocycles. The van der Waals surface area contributed by atoms with E-state index in [0.717, 1.165) is 11.1 Å². The standard InChI is InChI=1S/C12H10N2/c13-11-7-6-10(8-12(11)14)9-4-2-1-3-5-9/h1-4,6-7H,13-14H2. The minimum atomic E-state index is 0.486. The Hall–Kier alpha value is -1.96. The first-order valence-electron chi connectivity index (χ1n) is 4.32. The highest BCUT2D eigenvalue weighted by molar-refractivity contribution is 5.73. The lowest BCUT2D eigenvalue weighted by molar-refractivity contribution is 1.59. The molecule has 0 saturated carbocycles. The van der Waals surface area contributed by atoms with Crippen LogP contribution in [-0.4, -0.2) is 0 Å². The molecule has 0 amide bonds. The molecule has 0 aliphatic rings. The third kappa shape index (κ3) is 1.55. The van der Waals surface area contributed by atoms with Crippen LogP contribution in [0.4, 0.5) is 11.4 Å². The number of hydrogen-bond donors (Lipinski definition) is 2. The molecule has 2 aromatic rings. The molecular weight excluding hydrogens is 172 g/mol. The highest BCUT2D eigenvalue weighted by Gasteiger charge is 2.00. The number of nitrogens with two attached hydrogens (primary N) is 2. The summed E-state index contributed by atoms with van der Waals surface area (Å²) in [6.45, 7) is 0. The van der Waals surface area contributed by atoms with Gasteiger partial charge in [0.1, 0.15) is 0 Å². The van der Waals surface area contributed by atoms with Crippen molar-refractivity contribution in [2.24, 2.45) is 0 Å². The normalized spacial score (nSPS) is 10.0. The second kappa shape index (κ2) is 3.42. The van der Waals surface area contributed by atoms with Crippen LogP contribution in [0, 0.1) is 12.1 Å². The van der Waals surface area contributed by atoms with Crippen LogP contribution >= 0.6 is 0 Å². The van der Waals surface area contributed by atoms with Crippen LogP contribution in [0.15, 0.2) is 36.4 Å². The molecule has 0 aliphatic heterocycles. The fourth-order valence-corrected chi connectivity index (χ4v) is 1.24. The topological polar surface area (TPSA) is 52.0 Å². The molecule has 0 atom stereocenters. The van der Waals surface area contributed by atoms with E-state index in [0.29, 0.717) is 11.4 Å². The molecule has 0 aromatic heterocycles. The van der Waals surface area contributed by atoms with Crippen LogP contribution in [0.3, 0.4) is 0 Å². The minimum absolute atomic E-state index is 0.486. The number of benzene rings is 2. The smallest absolute Gasteiger partial charge is 0.0634 e. The molecule has 0 spiro atoms. The van der Waals surface area contributed by atoms with Crippen molar-refractivity contribution in [2.75, 3.05) is 11.5 Å². The summed E-state index contributed by atoms with van der Waals surface area (Å²) in [6.07, 6.45) is 0. The van der Waals surface area contributed by atoms with Gasteiger partial charge in [-0.05, 0) is 23.3 Å². The summed E-state index contributed by atoms with van der Waals surface area (Å²) in [5.74, 6) is 0. The van der Waals surface area contributed by atoms with Gasteiger partial charge in [0.05, 0.1) is 11.4 Å². The van der Waals surface area contributed by atoms with E-state index in [-0.39, 0.29) is 0 Å². The maximum Gasteiger partial charge on any atom is 0.0634 e. The highest BCUT2D eigenvalue weighted by Crippen LogP contribution is 2.23. The Morgan fingerprint density at radius 2 is 1.79 bits per heavy atom. The number of nitrogen functional groups attached to an aromatic ring is 2. The fourth-order valence-electron chi connectivity index (χ4n) is 1.24. The van der Waals surface area contributed by atoms with E-state index < -0.39 is 0 Å². The van der Waals surface area contributed by atoms with Gasteiger partial charge in [0.15, 0.2) is 0 Å². The van der Waals surface area contributed by atoms with Crippen molar-refractivity contribution in [1.29, 1.82) is 0 Å². The molecule has 0 heterocycles. The van der Waals surface area contributed by atoms with Gasteiger partial charge in [-0.1, -0.05) is 30.3 Å². The lowest BCUT2D eigenvalue weighted by Crippen LogP contribution is -1.94. The summed E-state index contributed by atoms with van der Waals surface area (Å²) >= 11 is 0.